The lowest BCUT2D eigenvalue weighted by Crippen LogP contribution is -2.65. The molecule has 1 unspecified atom stereocenters. The number of benzene rings is 2. The number of fused-ring (bicyclic) bond motifs is 1. The van der Waals surface area contributed by atoms with Crippen LogP contribution in [0.2, 0.25) is 0 Å². The van der Waals surface area contributed by atoms with Gasteiger partial charge in [0.1, 0.15) is 5.82 Å². The highest BCUT2D eigenvalue weighted by Gasteiger charge is 2.69. The van der Waals surface area contributed by atoms with Gasteiger partial charge in [0, 0.05) is 17.4 Å². The Balaban J connectivity index is 1.90. The molecule has 0 spiro atoms. The zero-order valence-corrected chi connectivity index (χ0v) is 17.4. The molecule has 31 heavy (non-hydrogen) atoms. The van der Waals surface area contributed by atoms with E-state index < -0.39 is 17.6 Å². The summed E-state index contributed by atoms with van der Waals surface area (Å²) in [6.45, 7) is 6.06. The van der Waals surface area contributed by atoms with Crippen LogP contribution in [0.4, 0.5) is 30.4 Å². The Labute approximate surface area is 178 Å². The van der Waals surface area contributed by atoms with Crippen molar-refractivity contribution in [1.82, 2.24) is 4.98 Å². The molecule has 0 saturated heterocycles. The molecule has 0 bridgehead atoms. The Bertz CT molecular complexity index is 1110. The molecule has 2 aromatic carbocycles. The van der Waals surface area contributed by atoms with Crippen LogP contribution >= 0.6 is 0 Å². The molecule has 0 radical (unpaired) electrons. The molecule has 0 fully saturated rings. The maximum absolute atomic E-state index is 14.8. The van der Waals surface area contributed by atoms with Crippen LogP contribution in [0.15, 0.2) is 72.9 Å². The summed E-state index contributed by atoms with van der Waals surface area (Å²) in [5, 5.41) is 2.53. The first-order valence-electron chi connectivity index (χ1n) is 9.86. The highest BCUT2D eigenvalue weighted by molar-refractivity contribution is 6.17. The number of hydrogen-bond donors (Lipinski definition) is 1. The summed E-state index contributed by atoms with van der Waals surface area (Å²) < 4.78 is 44.3. The maximum atomic E-state index is 14.8. The van der Waals surface area contributed by atoms with E-state index in [1.54, 1.807) is 48.5 Å². The number of Topliss-reactive ketones (excluding diaryl/α,β-unsaturated/α-hetero) is 1. The van der Waals surface area contributed by atoms with Crippen molar-refractivity contribution in [2.24, 2.45) is 0 Å². The van der Waals surface area contributed by atoms with Crippen LogP contribution in [-0.2, 0) is 5.41 Å². The van der Waals surface area contributed by atoms with Gasteiger partial charge >= 0.3 is 6.18 Å². The molecule has 4 nitrogen and oxygen atoms in total. The van der Waals surface area contributed by atoms with E-state index in [9.17, 15) is 18.0 Å². The molecule has 4 rings (SSSR count). The number of nitrogens with zero attached hydrogens (tertiary/aromatic N) is 2. The van der Waals surface area contributed by atoms with Gasteiger partial charge in [-0.3, -0.25) is 9.69 Å². The number of ketones is 1. The number of rotatable bonds is 3. The van der Waals surface area contributed by atoms with E-state index in [1.165, 1.54) is 24.4 Å². The van der Waals surface area contributed by atoms with Crippen LogP contribution in [0, 0.1) is 0 Å². The Morgan fingerprint density at radius 1 is 0.903 bits per heavy atom. The van der Waals surface area contributed by atoms with E-state index in [4.69, 9.17) is 0 Å². The number of nitrogens with one attached hydrogen (secondary N) is 1. The lowest BCUT2D eigenvalue weighted by atomic mass is 9.87. The number of carbonyl (C=O) groups is 1. The average molecular weight is 425 g/mol. The average Bonchev–Trinajstić information content (AvgIpc) is 2.98. The molecule has 1 aliphatic heterocycles. The minimum Gasteiger partial charge on any atom is -0.348 e. The summed E-state index contributed by atoms with van der Waals surface area (Å²) >= 11 is 0. The fraction of sp³-hybridized carbons (Fsp3) is 0.250. The number of aromatic nitrogens is 1. The quantitative estimate of drug-likeness (QED) is 0.552. The van der Waals surface area contributed by atoms with E-state index >= 15 is 0 Å². The molecule has 1 N–H and O–H groups in total. The third-order valence-electron chi connectivity index (χ3n) is 5.42. The molecule has 7 heteroatoms. The number of alkyl halides is 3. The predicted molar refractivity (Wildman–Crippen MR) is 115 cm³/mol. The van der Waals surface area contributed by atoms with Crippen LogP contribution < -0.4 is 10.2 Å². The molecule has 0 aliphatic carbocycles. The Morgan fingerprint density at radius 3 is 2.13 bits per heavy atom. The van der Waals surface area contributed by atoms with Crippen molar-refractivity contribution in [3.05, 3.63) is 84.1 Å². The molecular formula is C24H22F3N3O. The van der Waals surface area contributed by atoms with Gasteiger partial charge < -0.3 is 5.32 Å². The smallest absolute Gasteiger partial charge is 0.348 e. The maximum Gasteiger partial charge on any atom is 0.438 e. The van der Waals surface area contributed by atoms with E-state index in [1.807, 2.05) is 20.8 Å². The predicted octanol–water partition coefficient (Wildman–Crippen LogP) is 6.08. The number of hydrogen-bond acceptors (Lipinski definition) is 4. The van der Waals surface area contributed by atoms with E-state index in [0.717, 1.165) is 10.5 Å². The van der Waals surface area contributed by atoms with Crippen molar-refractivity contribution in [3.8, 4) is 0 Å². The molecule has 1 atom stereocenters. The first kappa shape index (κ1) is 20.9. The van der Waals surface area contributed by atoms with Gasteiger partial charge in [-0.05, 0) is 47.4 Å². The molecular weight excluding hydrogens is 403 g/mol. The molecule has 1 aliphatic rings. The number of halogens is 3. The van der Waals surface area contributed by atoms with Gasteiger partial charge in [0.05, 0.1) is 5.69 Å². The summed E-state index contributed by atoms with van der Waals surface area (Å²) in [7, 11) is 0. The number of pyridine rings is 1. The summed E-state index contributed by atoms with van der Waals surface area (Å²) in [6, 6.07) is 17.4. The van der Waals surface area contributed by atoms with Gasteiger partial charge in [-0.25, -0.2) is 4.98 Å². The second-order valence-electron chi connectivity index (χ2n) is 8.53. The SMILES string of the molecule is CC(C)(C)c1ccc(NC2(C(F)(F)F)C(=O)c3ccccc3N2c2ccccn2)cc1. The Hall–Kier alpha value is -3.35. The summed E-state index contributed by atoms with van der Waals surface area (Å²) in [6.07, 6.45) is -3.54. The second-order valence-corrected chi connectivity index (χ2v) is 8.53. The topological polar surface area (TPSA) is 45.2 Å². The second kappa shape index (κ2) is 7.11. The monoisotopic (exact) mass is 425 g/mol. The fourth-order valence-electron chi connectivity index (χ4n) is 3.82. The van der Waals surface area contributed by atoms with Gasteiger partial charge in [0.25, 0.3) is 5.66 Å². The normalized spacial score (nSPS) is 18.8. The summed E-state index contributed by atoms with van der Waals surface area (Å²) in [5.41, 5.74) is -1.87. The summed E-state index contributed by atoms with van der Waals surface area (Å²) in [4.78, 5) is 18.4. The Morgan fingerprint density at radius 2 is 1.55 bits per heavy atom. The van der Waals surface area contributed by atoms with E-state index in [2.05, 4.69) is 10.3 Å². The molecule has 0 saturated carbocycles. The largest absolute Gasteiger partial charge is 0.438 e. The third-order valence-corrected chi connectivity index (χ3v) is 5.42. The minimum absolute atomic E-state index is 0.00992. The Kier molecular flexibility index (Phi) is 4.80. The first-order chi connectivity index (χ1) is 14.6. The van der Waals surface area contributed by atoms with Gasteiger partial charge in [-0.1, -0.05) is 51.1 Å². The van der Waals surface area contributed by atoms with E-state index in [-0.39, 0.29) is 28.2 Å². The van der Waals surface area contributed by atoms with Gasteiger partial charge in [0.2, 0.25) is 5.78 Å². The van der Waals surface area contributed by atoms with Crippen molar-refractivity contribution in [2.45, 2.75) is 38.0 Å². The van der Waals surface area contributed by atoms with Crippen molar-refractivity contribution in [1.29, 1.82) is 0 Å². The lowest BCUT2D eigenvalue weighted by Gasteiger charge is -2.40. The molecule has 1 aromatic heterocycles. The van der Waals surface area contributed by atoms with Gasteiger partial charge in [0.15, 0.2) is 0 Å². The summed E-state index contributed by atoms with van der Waals surface area (Å²) in [5.74, 6) is -1.04. The molecule has 160 valence electrons. The standard InChI is InChI=1S/C24H22F3N3O/c1-22(2,3)16-11-13-17(14-12-16)29-23(24(25,26)27)21(31)18-8-4-5-9-19(18)30(23)20-10-6-7-15-28-20/h4-15,29H,1-3H3. The highest BCUT2D eigenvalue weighted by Crippen LogP contribution is 2.50. The zero-order valence-electron chi connectivity index (χ0n) is 17.4. The zero-order chi connectivity index (χ0) is 22.4. The van der Waals surface area contributed by atoms with Crippen molar-refractivity contribution < 1.29 is 18.0 Å². The third kappa shape index (κ3) is 3.34. The number of anilines is 3. The number of carbonyl (C=O) groups excluding carboxylic acids is 1. The van der Waals surface area contributed by atoms with E-state index in [0.29, 0.717) is 0 Å². The van der Waals surface area contributed by atoms with Crippen LogP contribution in [0.25, 0.3) is 0 Å². The van der Waals surface area contributed by atoms with Gasteiger partial charge in [-0.15, -0.1) is 0 Å². The number of para-hydroxylation sites is 1. The van der Waals surface area contributed by atoms with Crippen molar-refractivity contribution in [2.75, 3.05) is 10.2 Å². The molecule has 3 aromatic rings. The highest BCUT2D eigenvalue weighted by atomic mass is 19.4. The molecule has 0 amide bonds. The molecule has 2 heterocycles. The minimum atomic E-state index is -4.94. The van der Waals surface area contributed by atoms with Crippen molar-refractivity contribution >= 4 is 23.0 Å². The fourth-order valence-corrected chi connectivity index (χ4v) is 3.82. The van der Waals surface area contributed by atoms with Crippen LogP contribution in [0.1, 0.15) is 36.7 Å². The first-order valence-corrected chi connectivity index (χ1v) is 9.86. The lowest BCUT2D eigenvalue weighted by molar-refractivity contribution is -0.161. The van der Waals surface area contributed by atoms with Gasteiger partial charge in [-0.2, -0.15) is 13.2 Å². The van der Waals surface area contributed by atoms with Crippen LogP contribution in [0.3, 0.4) is 0 Å². The van der Waals surface area contributed by atoms with Crippen LogP contribution in [0.5, 0.6) is 0 Å². The van der Waals surface area contributed by atoms with Crippen LogP contribution in [-0.4, -0.2) is 22.6 Å². The van der Waals surface area contributed by atoms with Crippen molar-refractivity contribution in [3.63, 3.8) is 0 Å².